The lowest BCUT2D eigenvalue weighted by atomic mass is 10.3. The molecule has 66 valence electrons. The first-order valence-electron chi connectivity index (χ1n) is 4.15. The van der Waals surface area contributed by atoms with E-state index in [1.807, 2.05) is 6.92 Å². The van der Waals surface area contributed by atoms with Crippen LogP contribution in [0.1, 0.15) is 27.2 Å². The molecule has 1 atom stereocenters. The highest BCUT2D eigenvalue weighted by atomic mass is 16.3. The predicted octanol–water partition coefficient (Wildman–Crippen LogP) is 1.31. The van der Waals surface area contributed by atoms with Gasteiger partial charge in [0.05, 0.1) is 6.10 Å². The zero-order chi connectivity index (χ0) is 8.69. The van der Waals surface area contributed by atoms with Gasteiger partial charge in [0.1, 0.15) is 0 Å². The Bertz CT molecular complexity index is 115. The molecule has 0 rings (SSSR count). The van der Waals surface area contributed by atoms with Crippen LogP contribution in [0.5, 0.6) is 0 Å². The molecule has 11 heavy (non-hydrogen) atoms. The van der Waals surface area contributed by atoms with Gasteiger partial charge in [-0.2, -0.15) is 0 Å². The molecule has 0 amide bonds. The van der Waals surface area contributed by atoms with E-state index in [0.29, 0.717) is 0 Å². The van der Waals surface area contributed by atoms with E-state index in [4.69, 9.17) is 5.11 Å². The standard InChI is InChI=1S/C9H19NO/c1-8(2)4-6-10-7-5-9(3)11/h4,9-11H,5-7H2,1-3H3. The Morgan fingerprint density at radius 3 is 2.64 bits per heavy atom. The fraction of sp³-hybridized carbons (Fsp3) is 0.778. The van der Waals surface area contributed by atoms with Crippen molar-refractivity contribution in [3.63, 3.8) is 0 Å². The SMILES string of the molecule is CC(C)=CCNCCC(C)O. The van der Waals surface area contributed by atoms with E-state index in [1.165, 1.54) is 5.57 Å². The molecule has 2 nitrogen and oxygen atoms in total. The van der Waals surface area contributed by atoms with Crippen molar-refractivity contribution >= 4 is 0 Å². The molecule has 0 bridgehead atoms. The Balaban J connectivity index is 3.09. The van der Waals surface area contributed by atoms with Crippen molar-refractivity contribution in [3.8, 4) is 0 Å². The third-order valence-electron chi connectivity index (χ3n) is 1.39. The first-order valence-corrected chi connectivity index (χ1v) is 4.15. The van der Waals surface area contributed by atoms with E-state index in [2.05, 4.69) is 25.2 Å². The molecule has 0 saturated heterocycles. The second-order valence-corrected chi connectivity index (χ2v) is 3.12. The largest absolute Gasteiger partial charge is 0.393 e. The monoisotopic (exact) mass is 157 g/mol. The average Bonchev–Trinajstić information content (AvgIpc) is 1.85. The maximum Gasteiger partial charge on any atom is 0.0524 e. The van der Waals surface area contributed by atoms with Gasteiger partial charge in [-0.15, -0.1) is 0 Å². The van der Waals surface area contributed by atoms with Gasteiger partial charge in [0.2, 0.25) is 0 Å². The average molecular weight is 157 g/mol. The highest BCUT2D eigenvalue weighted by molar-refractivity contribution is 4.94. The number of aliphatic hydroxyl groups excluding tert-OH is 1. The van der Waals surface area contributed by atoms with Crippen LogP contribution in [0.2, 0.25) is 0 Å². The molecule has 0 aromatic carbocycles. The fourth-order valence-corrected chi connectivity index (χ4v) is 0.689. The predicted molar refractivity (Wildman–Crippen MR) is 48.6 cm³/mol. The Hall–Kier alpha value is -0.340. The van der Waals surface area contributed by atoms with Crippen molar-refractivity contribution in [1.82, 2.24) is 5.32 Å². The maximum absolute atomic E-state index is 8.91. The molecule has 0 spiro atoms. The highest BCUT2D eigenvalue weighted by Gasteiger charge is 1.92. The second kappa shape index (κ2) is 6.38. The molecular weight excluding hydrogens is 138 g/mol. The molecule has 0 heterocycles. The van der Waals surface area contributed by atoms with Crippen LogP contribution in [0.4, 0.5) is 0 Å². The Morgan fingerprint density at radius 2 is 2.18 bits per heavy atom. The van der Waals surface area contributed by atoms with Gasteiger partial charge in [0, 0.05) is 6.54 Å². The quantitative estimate of drug-likeness (QED) is 0.466. The van der Waals surface area contributed by atoms with Crippen LogP contribution >= 0.6 is 0 Å². The van der Waals surface area contributed by atoms with E-state index < -0.39 is 0 Å². The van der Waals surface area contributed by atoms with Crippen LogP contribution in [-0.4, -0.2) is 24.3 Å². The van der Waals surface area contributed by atoms with Crippen molar-refractivity contribution in [1.29, 1.82) is 0 Å². The van der Waals surface area contributed by atoms with Crippen LogP contribution in [-0.2, 0) is 0 Å². The zero-order valence-corrected chi connectivity index (χ0v) is 7.72. The number of aliphatic hydroxyl groups is 1. The van der Waals surface area contributed by atoms with E-state index in [1.54, 1.807) is 0 Å². The van der Waals surface area contributed by atoms with Crippen molar-refractivity contribution in [2.24, 2.45) is 0 Å². The molecule has 0 aliphatic heterocycles. The van der Waals surface area contributed by atoms with E-state index in [0.717, 1.165) is 19.5 Å². The summed E-state index contributed by atoms with van der Waals surface area (Å²) in [6.07, 6.45) is 2.78. The van der Waals surface area contributed by atoms with Gasteiger partial charge >= 0.3 is 0 Å². The molecule has 0 aliphatic rings. The number of hydrogen-bond acceptors (Lipinski definition) is 2. The normalized spacial score (nSPS) is 12.7. The third kappa shape index (κ3) is 9.66. The number of nitrogens with one attached hydrogen (secondary N) is 1. The molecule has 0 saturated carbocycles. The Morgan fingerprint density at radius 1 is 1.55 bits per heavy atom. The van der Waals surface area contributed by atoms with Crippen molar-refractivity contribution < 1.29 is 5.11 Å². The smallest absolute Gasteiger partial charge is 0.0524 e. The molecule has 1 unspecified atom stereocenters. The van der Waals surface area contributed by atoms with Gasteiger partial charge in [0.15, 0.2) is 0 Å². The minimum atomic E-state index is -0.186. The number of rotatable bonds is 5. The van der Waals surface area contributed by atoms with Crippen molar-refractivity contribution in [2.45, 2.75) is 33.3 Å². The molecule has 0 fully saturated rings. The van der Waals surface area contributed by atoms with Crippen LogP contribution in [0, 0.1) is 0 Å². The molecule has 0 radical (unpaired) electrons. The molecule has 0 aromatic heterocycles. The zero-order valence-electron chi connectivity index (χ0n) is 7.72. The van der Waals surface area contributed by atoms with Crippen LogP contribution in [0.25, 0.3) is 0 Å². The summed E-state index contributed by atoms with van der Waals surface area (Å²) in [7, 11) is 0. The van der Waals surface area contributed by atoms with Gasteiger partial charge in [-0.25, -0.2) is 0 Å². The van der Waals surface area contributed by atoms with Gasteiger partial charge < -0.3 is 10.4 Å². The lowest BCUT2D eigenvalue weighted by Gasteiger charge is -2.03. The Labute approximate surface area is 69.3 Å². The lowest BCUT2D eigenvalue weighted by molar-refractivity contribution is 0.184. The fourth-order valence-electron chi connectivity index (χ4n) is 0.689. The van der Waals surface area contributed by atoms with Gasteiger partial charge in [-0.1, -0.05) is 11.6 Å². The Kier molecular flexibility index (Phi) is 6.18. The molecule has 0 aromatic rings. The minimum Gasteiger partial charge on any atom is -0.393 e. The minimum absolute atomic E-state index is 0.186. The summed E-state index contributed by atoms with van der Waals surface area (Å²) in [5, 5.41) is 12.1. The second-order valence-electron chi connectivity index (χ2n) is 3.12. The summed E-state index contributed by atoms with van der Waals surface area (Å²) in [4.78, 5) is 0. The van der Waals surface area contributed by atoms with Crippen molar-refractivity contribution in [3.05, 3.63) is 11.6 Å². The number of allylic oxidation sites excluding steroid dienone is 1. The third-order valence-corrected chi connectivity index (χ3v) is 1.39. The van der Waals surface area contributed by atoms with Crippen molar-refractivity contribution in [2.75, 3.05) is 13.1 Å². The summed E-state index contributed by atoms with van der Waals surface area (Å²) >= 11 is 0. The van der Waals surface area contributed by atoms with E-state index in [-0.39, 0.29) is 6.10 Å². The molecular formula is C9H19NO. The summed E-state index contributed by atoms with van der Waals surface area (Å²) in [6, 6.07) is 0. The van der Waals surface area contributed by atoms with E-state index >= 15 is 0 Å². The van der Waals surface area contributed by atoms with E-state index in [9.17, 15) is 0 Å². The first kappa shape index (κ1) is 10.7. The summed E-state index contributed by atoms with van der Waals surface area (Å²) in [5.41, 5.74) is 1.33. The van der Waals surface area contributed by atoms with Crippen LogP contribution < -0.4 is 5.32 Å². The molecule has 2 N–H and O–H groups in total. The van der Waals surface area contributed by atoms with Gasteiger partial charge in [-0.05, 0) is 33.7 Å². The highest BCUT2D eigenvalue weighted by Crippen LogP contribution is 1.87. The maximum atomic E-state index is 8.91. The molecule has 0 aliphatic carbocycles. The van der Waals surface area contributed by atoms with Crippen LogP contribution in [0.15, 0.2) is 11.6 Å². The summed E-state index contributed by atoms with van der Waals surface area (Å²) in [5.74, 6) is 0. The van der Waals surface area contributed by atoms with Gasteiger partial charge in [0.25, 0.3) is 0 Å². The summed E-state index contributed by atoms with van der Waals surface area (Å²) in [6.45, 7) is 7.77. The van der Waals surface area contributed by atoms with Crippen LogP contribution in [0.3, 0.4) is 0 Å². The van der Waals surface area contributed by atoms with Gasteiger partial charge in [-0.3, -0.25) is 0 Å². The first-order chi connectivity index (χ1) is 5.13. The topological polar surface area (TPSA) is 32.3 Å². The lowest BCUT2D eigenvalue weighted by Crippen LogP contribution is -2.19. The number of hydrogen-bond donors (Lipinski definition) is 2. The summed E-state index contributed by atoms with van der Waals surface area (Å²) < 4.78 is 0. The molecule has 2 heteroatoms.